The van der Waals surface area contributed by atoms with Crippen molar-refractivity contribution in [3.8, 4) is 5.75 Å². The van der Waals surface area contributed by atoms with Gasteiger partial charge in [-0.1, -0.05) is 0 Å². The number of alkyl halides is 1. The Balaban J connectivity index is 2.21. The molecule has 1 saturated heterocycles. The highest BCUT2D eigenvalue weighted by Gasteiger charge is 2.25. The Morgan fingerprint density at radius 2 is 2.37 bits per heavy atom. The second kappa shape index (κ2) is 6.21. The fourth-order valence-electron chi connectivity index (χ4n) is 2.28. The quantitative estimate of drug-likeness (QED) is 0.485. The summed E-state index contributed by atoms with van der Waals surface area (Å²) in [5, 5.41) is 10.9. The van der Waals surface area contributed by atoms with E-state index in [1.165, 1.54) is 6.07 Å². The van der Waals surface area contributed by atoms with Gasteiger partial charge in [-0.2, -0.15) is 0 Å². The standard InChI is InChI=1S/C13H16ClNO4/c1-18-13-3-2-11(15(16)17)7-9(13)6-10-8-19-5-4-12(10)14/h2-3,7,10,12H,4-6,8H2,1H3. The van der Waals surface area contributed by atoms with Crippen LogP contribution >= 0.6 is 11.6 Å². The van der Waals surface area contributed by atoms with Crippen molar-refractivity contribution in [2.45, 2.75) is 18.2 Å². The van der Waals surface area contributed by atoms with Gasteiger partial charge in [-0.25, -0.2) is 0 Å². The van der Waals surface area contributed by atoms with E-state index in [4.69, 9.17) is 21.1 Å². The van der Waals surface area contributed by atoms with E-state index in [0.29, 0.717) is 25.4 Å². The number of ether oxygens (including phenoxy) is 2. The van der Waals surface area contributed by atoms with Crippen molar-refractivity contribution in [2.24, 2.45) is 5.92 Å². The van der Waals surface area contributed by atoms with Crippen molar-refractivity contribution in [3.63, 3.8) is 0 Å². The molecule has 1 aromatic rings. The Morgan fingerprint density at radius 3 is 3.00 bits per heavy atom. The van der Waals surface area contributed by atoms with Crippen LogP contribution in [0.3, 0.4) is 0 Å². The lowest BCUT2D eigenvalue weighted by molar-refractivity contribution is -0.384. The first-order valence-corrected chi connectivity index (χ1v) is 6.58. The maximum Gasteiger partial charge on any atom is 0.269 e. The molecule has 1 aromatic carbocycles. The van der Waals surface area contributed by atoms with Crippen LogP contribution in [0.5, 0.6) is 5.75 Å². The van der Waals surface area contributed by atoms with E-state index in [2.05, 4.69) is 0 Å². The summed E-state index contributed by atoms with van der Waals surface area (Å²) in [7, 11) is 1.56. The second-order valence-electron chi connectivity index (χ2n) is 4.60. The molecule has 2 atom stereocenters. The molecule has 6 heteroatoms. The van der Waals surface area contributed by atoms with E-state index in [9.17, 15) is 10.1 Å². The first-order chi connectivity index (χ1) is 9.11. The Bertz CT molecular complexity index is 466. The molecule has 1 aliphatic heterocycles. The van der Waals surface area contributed by atoms with Gasteiger partial charge in [0.15, 0.2) is 0 Å². The smallest absolute Gasteiger partial charge is 0.269 e. The minimum Gasteiger partial charge on any atom is -0.496 e. The molecule has 0 amide bonds. The van der Waals surface area contributed by atoms with Crippen molar-refractivity contribution in [1.82, 2.24) is 0 Å². The third-order valence-corrected chi connectivity index (χ3v) is 3.91. The Hall–Kier alpha value is -1.33. The largest absolute Gasteiger partial charge is 0.496 e. The highest BCUT2D eigenvalue weighted by molar-refractivity contribution is 6.20. The summed E-state index contributed by atoms with van der Waals surface area (Å²) in [5.41, 5.74) is 0.872. The number of methoxy groups -OCH3 is 1. The van der Waals surface area contributed by atoms with Gasteiger partial charge in [0.2, 0.25) is 0 Å². The molecule has 0 N–H and O–H groups in total. The van der Waals surface area contributed by atoms with Crippen LogP contribution in [0.25, 0.3) is 0 Å². The van der Waals surface area contributed by atoms with E-state index in [-0.39, 0.29) is 17.0 Å². The third-order valence-electron chi connectivity index (χ3n) is 3.34. The van der Waals surface area contributed by atoms with Gasteiger partial charge < -0.3 is 9.47 Å². The van der Waals surface area contributed by atoms with E-state index in [1.54, 1.807) is 19.2 Å². The number of hydrogen-bond donors (Lipinski definition) is 0. The zero-order chi connectivity index (χ0) is 13.8. The summed E-state index contributed by atoms with van der Waals surface area (Å²) >= 11 is 6.28. The summed E-state index contributed by atoms with van der Waals surface area (Å²) in [5.74, 6) is 0.811. The van der Waals surface area contributed by atoms with Gasteiger partial charge in [-0.15, -0.1) is 11.6 Å². The molecule has 19 heavy (non-hydrogen) atoms. The Kier molecular flexibility index (Phi) is 4.61. The van der Waals surface area contributed by atoms with Crippen molar-refractivity contribution in [1.29, 1.82) is 0 Å². The number of halogens is 1. The molecule has 5 nitrogen and oxygen atoms in total. The average Bonchev–Trinajstić information content (AvgIpc) is 2.41. The van der Waals surface area contributed by atoms with Gasteiger partial charge >= 0.3 is 0 Å². The topological polar surface area (TPSA) is 61.6 Å². The van der Waals surface area contributed by atoms with Crippen molar-refractivity contribution < 1.29 is 14.4 Å². The second-order valence-corrected chi connectivity index (χ2v) is 5.16. The van der Waals surface area contributed by atoms with Crippen LogP contribution in [-0.4, -0.2) is 30.6 Å². The summed E-state index contributed by atoms with van der Waals surface area (Å²) in [6.45, 7) is 1.26. The molecule has 0 spiro atoms. The molecule has 0 bridgehead atoms. The van der Waals surface area contributed by atoms with E-state index in [1.807, 2.05) is 0 Å². The summed E-state index contributed by atoms with van der Waals surface area (Å²) in [4.78, 5) is 10.4. The van der Waals surface area contributed by atoms with E-state index < -0.39 is 4.92 Å². The number of nitrogens with zero attached hydrogens (tertiary/aromatic N) is 1. The Morgan fingerprint density at radius 1 is 1.58 bits per heavy atom. The predicted molar refractivity (Wildman–Crippen MR) is 71.9 cm³/mol. The van der Waals surface area contributed by atoms with Crippen molar-refractivity contribution in [2.75, 3.05) is 20.3 Å². The highest BCUT2D eigenvalue weighted by atomic mass is 35.5. The third kappa shape index (κ3) is 3.36. The normalized spacial score (nSPS) is 23.1. The fourth-order valence-corrected chi connectivity index (χ4v) is 2.53. The molecule has 2 unspecified atom stereocenters. The van der Waals surface area contributed by atoms with Crippen LogP contribution in [0.4, 0.5) is 5.69 Å². The van der Waals surface area contributed by atoms with Gasteiger partial charge in [0.25, 0.3) is 5.69 Å². The number of nitro benzene ring substituents is 1. The maximum absolute atomic E-state index is 10.8. The molecule has 2 rings (SSSR count). The number of rotatable bonds is 4. The summed E-state index contributed by atoms with van der Waals surface area (Å²) in [6.07, 6.45) is 1.43. The van der Waals surface area contributed by atoms with Gasteiger partial charge in [-0.05, 0) is 18.9 Å². The first-order valence-electron chi connectivity index (χ1n) is 6.15. The maximum atomic E-state index is 10.8. The van der Waals surface area contributed by atoms with Gasteiger partial charge in [0.05, 0.1) is 18.6 Å². The number of benzene rings is 1. The summed E-state index contributed by atoms with van der Waals surface area (Å²) < 4.78 is 10.7. The monoisotopic (exact) mass is 285 g/mol. The molecule has 1 heterocycles. The molecule has 0 aliphatic carbocycles. The van der Waals surface area contributed by atoms with Crippen LogP contribution in [0.1, 0.15) is 12.0 Å². The number of non-ortho nitro benzene ring substituents is 1. The minimum atomic E-state index is -0.404. The SMILES string of the molecule is COc1ccc([N+](=O)[O-])cc1CC1COCCC1Cl. The van der Waals surface area contributed by atoms with Crippen molar-refractivity contribution in [3.05, 3.63) is 33.9 Å². The first kappa shape index (κ1) is 14.1. The average molecular weight is 286 g/mol. The predicted octanol–water partition coefficient (Wildman–Crippen LogP) is 2.79. The zero-order valence-corrected chi connectivity index (χ0v) is 11.4. The van der Waals surface area contributed by atoms with E-state index >= 15 is 0 Å². The zero-order valence-electron chi connectivity index (χ0n) is 10.7. The van der Waals surface area contributed by atoms with Crippen LogP contribution in [0.15, 0.2) is 18.2 Å². The molecule has 0 aromatic heterocycles. The molecule has 0 radical (unpaired) electrons. The molecular formula is C13H16ClNO4. The van der Waals surface area contributed by atoms with Crippen LogP contribution in [-0.2, 0) is 11.2 Å². The number of nitro groups is 1. The van der Waals surface area contributed by atoms with Gasteiger partial charge in [0, 0.05) is 35.6 Å². The van der Waals surface area contributed by atoms with Gasteiger partial charge in [-0.3, -0.25) is 10.1 Å². The number of hydrogen-bond acceptors (Lipinski definition) is 4. The molecule has 1 fully saturated rings. The lowest BCUT2D eigenvalue weighted by Gasteiger charge is -2.27. The lowest BCUT2D eigenvalue weighted by atomic mass is 9.93. The van der Waals surface area contributed by atoms with Gasteiger partial charge in [0.1, 0.15) is 5.75 Å². The van der Waals surface area contributed by atoms with Crippen LogP contribution in [0, 0.1) is 16.0 Å². The molecule has 1 aliphatic rings. The Labute approximate surface area is 116 Å². The summed E-state index contributed by atoms with van der Waals surface area (Å²) in [6, 6.07) is 4.62. The highest BCUT2D eigenvalue weighted by Crippen LogP contribution is 2.30. The molecular weight excluding hydrogens is 270 g/mol. The van der Waals surface area contributed by atoms with E-state index in [0.717, 1.165) is 12.0 Å². The van der Waals surface area contributed by atoms with Crippen LogP contribution < -0.4 is 4.74 Å². The minimum absolute atomic E-state index is 0.0396. The molecule has 104 valence electrons. The fraction of sp³-hybridized carbons (Fsp3) is 0.538. The van der Waals surface area contributed by atoms with Crippen molar-refractivity contribution >= 4 is 17.3 Å². The molecule has 0 saturated carbocycles. The van der Waals surface area contributed by atoms with Crippen LogP contribution in [0.2, 0.25) is 0 Å². The lowest BCUT2D eigenvalue weighted by Crippen LogP contribution is -2.29.